The summed E-state index contributed by atoms with van der Waals surface area (Å²) in [6.07, 6.45) is 0.957. The van der Waals surface area contributed by atoms with Gasteiger partial charge in [0.05, 0.1) is 20.8 Å². The highest BCUT2D eigenvalue weighted by molar-refractivity contribution is 9.10. The second kappa shape index (κ2) is 9.55. The Hall–Kier alpha value is -1.72. The molecule has 0 aromatic heterocycles. The molecule has 0 saturated heterocycles. The van der Waals surface area contributed by atoms with Gasteiger partial charge in [-0.05, 0) is 49.7 Å². The average molecular weight is 394 g/mol. The molecule has 0 spiro atoms. The van der Waals surface area contributed by atoms with Gasteiger partial charge in [0.1, 0.15) is 5.75 Å². The first-order valence-electron chi connectivity index (χ1n) is 8.00. The number of halogens is 1. The Bertz CT molecular complexity index is 644. The van der Waals surface area contributed by atoms with Crippen LogP contribution in [0.15, 0.2) is 40.9 Å². The van der Waals surface area contributed by atoms with E-state index in [1.54, 1.807) is 14.2 Å². The van der Waals surface area contributed by atoms with Gasteiger partial charge >= 0.3 is 0 Å². The molecule has 2 rings (SSSR count). The van der Waals surface area contributed by atoms with E-state index in [9.17, 15) is 0 Å². The van der Waals surface area contributed by atoms with Gasteiger partial charge in [-0.15, -0.1) is 0 Å². The normalized spacial score (nSPS) is 10.5. The van der Waals surface area contributed by atoms with Gasteiger partial charge in [0.15, 0.2) is 11.5 Å². The molecular formula is C19H24BrNO3. The van der Waals surface area contributed by atoms with E-state index in [0.29, 0.717) is 6.61 Å². The van der Waals surface area contributed by atoms with Crippen LogP contribution >= 0.6 is 15.9 Å². The van der Waals surface area contributed by atoms with Gasteiger partial charge in [0, 0.05) is 16.6 Å². The van der Waals surface area contributed by atoms with Crippen molar-refractivity contribution >= 4 is 15.9 Å². The zero-order valence-electron chi connectivity index (χ0n) is 14.4. The number of methoxy groups -OCH3 is 2. The number of rotatable bonds is 9. The lowest BCUT2D eigenvalue weighted by Gasteiger charge is -2.15. The minimum absolute atomic E-state index is 0.608. The highest BCUT2D eigenvalue weighted by Gasteiger charge is 2.12. The Morgan fingerprint density at radius 1 is 1.04 bits per heavy atom. The molecule has 0 aliphatic carbocycles. The lowest BCUT2D eigenvalue weighted by molar-refractivity contribution is 0.306. The molecule has 2 aromatic carbocycles. The van der Waals surface area contributed by atoms with Crippen LogP contribution in [0.3, 0.4) is 0 Å². The van der Waals surface area contributed by atoms with E-state index < -0.39 is 0 Å². The highest BCUT2D eigenvalue weighted by atomic mass is 79.9. The van der Waals surface area contributed by atoms with E-state index >= 15 is 0 Å². The molecule has 130 valence electrons. The Kier molecular flexibility index (Phi) is 7.40. The van der Waals surface area contributed by atoms with Gasteiger partial charge in [0.25, 0.3) is 0 Å². The van der Waals surface area contributed by atoms with Crippen molar-refractivity contribution < 1.29 is 14.2 Å². The van der Waals surface area contributed by atoms with Gasteiger partial charge in [0.2, 0.25) is 0 Å². The van der Waals surface area contributed by atoms with Crippen molar-refractivity contribution in [2.75, 3.05) is 27.4 Å². The molecule has 0 aliphatic rings. The Labute approximate surface area is 152 Å². The van der Waals surface area contributed by atoms with Crippen LogP contribution in [0.25, 0.3) is 0 Å². The number of ether oxygens (including phenoxy) is 3. The summed E-state index contributed by atoms with van der Waals surface area (Å²) in [6.45, 7) is 4.19. The maximum absolute atomic E-state index is 5.76. The molecule has 4 nitrogen and oxygen atoms in total. The van der Waals surface area contributed by atoms with Crippen molar-refractivity contribution in [1.29, 1.82) is 0 Å². The monoisotopic (exact) mass is 393 g/mol. The van der Waals surface area contributed by atoms with E-state index in [0.717, 1.165) is 46.8 Å². The molecule has 0 unspecified atom stereocenters. The fraction of sp³-hybridized carbons (Fsp3) is 0.368. The summed E-state index contributed by atoms with van der Waals surface area (Å²) in [5.41, 5.74) is 2.36. The van der Waals surface area contributed by atoms with E-state index in [4.69, 9.17) is 14.2 Å². The Morgan fingerprint density at radius 3 is 2.42 bits per heavy atom. The van der Waals surface area contributed by atoms with Crippen molar-refractivity contribution in [3.8, 4) is 17.2 Å². The smallest absolute Gasteiger partial charge is 0.165 e. The van der Waals surface area contributed by atoms with Crippen LogP contribution in [0.1, 0.15) is 18.1 Å². The van der Waals surface area contributed by atoms with Crippen LogP contribution in [0.2, 0.25) is 0 Å². The summed E-state index contributed by atoms with van der Waals surface area (Å²) >= 11 is 3.52. The zero-order chi connectivity index (χ0) is 17.4. The standard InChI is InChI=1S/C19H24BrNO3/c1-4-24-19-15(11-16(20)12-18(19)23-3)13-21-10-9-14-5-7-17(22-2)8-6-14/h5-8,11-12,21H,4,9-10,13H2,1-3H3. The molecular weight excluding hydrogens is 370 g/mol. The van der Waals surface area contributed by atoms with Crippen molar-refractivity contribution in [3.05, 3.63) is 52.0 Å². The van der Waals surface area contributed by atoms with Gasteiger partial charge in [-0.1, -0.05) is 28.1 Å². The van der Waals surface area contributed by atoms with Crippen LogP contribution in [0, 0.1) is 0 Å². The first-order valence-corrected chi connectivity index (χ1v) is 8.80. The molecule has 0 atom stereocenters. The molecule has 0 radical (unpaired) electrons. The summed E-state index contributed by atoms with van der Waals surface area (Å²) < 4.78 is 17.3. The maximum atomic E-state index is 5.76. The van der Waals surface area contributed by atoms with Crippen LogP contribution < -0.4 is 19.5 Å². The quantitative estimate of drug-likeness (QED) is 0.648. The average Bonchev–Trinajstić information content (AvgIpc) is 2.61. The third kappa shape index (κ3) is 5.14. The lowest BCUT2D eigenvalue weighted by atomic mass is 10.1. The topological polar surface area (TPSA) is 39.7 Å². The minimum atomic E-state index is 0.608. The Balaban J connectivity index is 1.94. The predicted octanol–water partition coefficient (Wildman–Crippen LogP) is 4.20. The zero-order valence-corrected chi connectivity index (χ0v) is 16.0. The summed E-state index contributed by atoms with van der Waals surface area (Å²) in [5, 5.41) is 3.47. The number of benzene rings is 2. The first-order chi connectivity index (χ1) is 11.7. The molecule has 5 heteroatoms. The largest absolute Gasteiger partial charge is 0.497 e. The van der Waals surface area contributed by atoms with E-state index in [2.05, 4.69) is 39.4 Å². The van der Waals surface area contributed by atoms with Crippen molar-refractivity contribution in [2.24, 2.45) is 0 Å². The molecule has 0 saturated carbocycles. The van der Waals surface area contributed by atoms with E-state index in [1.807, 2.05) is 25.1 Å². The van der Waals surface area contributed by atoms with Gasteiger partial charge in [-0.2, -0.15) is 0 Å². The first kappa shape index (κ1) is 18.6. The van der Waals surface area contributed by atoms with Crippen molar-refractivity contribution in [2.45, 2.75) is 19.9 Å². The summed E-state index contributed by atoms with van der Waals surface area (Å²) in [7, 11) is 3.34. The molecule has 2 aromatic rings. The van der Waals surface area contributed by atoms with Gasteiger partial charge in [-0.25, -0.2) is 0 Å². The molecule has 0 heterocycles. The van der Waals surface area contributed by atoms with Crippen LogP contribution in [0.5, 0.6) is 17.2 Å². The van der Waals surface area contributed by atoms with Crippen LogP contribution in [0.4, 0.5) is 0 Å². The molecule has 0 amide bonds. The summed E-state index contributed by atoms with van der Waals surface area (Å²) in [4.78, 5) is 0. The maximum Gasteiger partial charge on any atom is 0.165 e. The molecule has 0 aliphatic heterocycles. The van der Waals surface area contributed by atoms with Gasteiger partial charge < -0.3 is 19.5 Å². The second-order valence-corrected chi connectivity index (χ2v) is 6.22. The minimum Gasteiger partial charge on any atom is -0.497 e. The fourth-order valence-electron chi connectivity index (χ4n) is 2.46. The van der Waals surface area contributed by atoms with Crippen molar-refractivity contribution in [1.82, 2.24) is 5.32 Å². The van der Waals surface area contributed by atoms with E-state index in [-0.39, 0.29) is 0 Å². The SMILES string of the molecule is CCOc1c(CNCCc2ccc(OC)cc2)cc(Br)cc1OC. The fourth-order valence-corrected chi connectivity index (χ4v) is 2.95. The number of hydrogen-bond acceptors (Lipinski definition) is 4. The van der Waals surface area contributed by atoms with Crippen LogP contribution in [-0.2, 0) is 13.0 Å². The molecule has 24 heavy (non-hydrogen) atoms. The van der Waals surface area contributed by atoms with Gasteiger partial charge in [-0.3, -0.25) is 0 Å². The predicted molar refractivity (Wildman–Crippen MR) is 100 cm³/mol. The lowest BCUT2D eigenvalue weighted by Crippen LogP contribution is -2.17. The summed E-state index contributed by atoms with van der Waals surface area (Å²) in [6, 6.07) is 12.1. The third-order valence-corrected chi connectivity index (χ3v) is 4.13. The van der Waals surface area contributed by atoms with E-state index in [1.165, 1.54) is 5.56 Å². The number of hydrogen-bond donors (Lipinski definition) is 1. The molecule has 0 fully saturated rings. The highest BCUT2D eigenvalue weighted by Crippen LogP contribution is 2.34. The van der Waals surface area contributed by atoms with Crippen molar-refractivity contribution in [3.63, 3.8) is 0 Å². The molecule has 1 N–H and O–H groups in total. The number of nitrogens with one attached hydrogen (secondary N) is 1. The third-order valence-electron chi connectivity index (χ3n) is 3.67. The summed E-state index contributed by atoms with van der Waals surface area (Å²) in [5.74, 6) is 2.44. The second-order valence-electron chi connectivity index (χ2n) is 5.30. The molecule has 0 bridgehead atoms. The van der Waals surface area contributed by atoms with Crippen LogP contribution in [-0.4, -0.2) is 27.4 Å². The Morgan fingerprint density at radius 2 is 1.79 bits per heavy atom.